The summed E-state index contributed by atoms with van der Waals surface area (Å²) < 4.78 is 0. The predicted molar refractivity (Wildman–Crippen MR) is 96.1 cm³/mol. The van der Waals surface area contributed by atoms with E-state index in [0.29, 0.717) is 0 Å². The van der Waals surface area contributed by atoms with Crippen molar-refractivity contribution in [1.29, 1.82) is 0 Å². The van der Waals surface area contributed by atoms with Gasteiger partial charge in [-0.15, -0.1) is 0 Å². The molecule has 0 aliphatic carbocycles. The minimum absolute atomic E-state index is 0.0152. The van der Waals surface area contributed by atoms with Gasteiger partial charge in [-0.1, -0.05) is 30.3 Å². The second kappa shape index (κ2) is 7.01. The third-order valence-corrected chi connectivity index (χ3v) is 4.92. The smallest absolute Gasteiger partial charge is 0.246 e. The lowest BCUT2D eigenvalue weighted by Gasteiger charge is -2.33. The Bertz CT molecular complexity index is 741. The lowest BCUT2D eigenvalue weighted by atomic mass is 9.94. The van der Waals surface area contributed by atoms with E-state index >= 15 is 0 Å². The Hall–Kier alpha value is -2.76. The lowest BCUT2D eigenvalue weighted by Crippen LogP contribution is -2.41. The Morgan fingerprint density at radius 1 is 1.00 bits per heavy atom. The molecule has 6 heteroatoms. The van der Waals surface area contributed by atoms with Gasteiger partial charge in [-0.05, 0) is 24.5 Å². The van der Waals surface area contributed by atoms with Crippen molar-refractivity contribution < 1.29 is 4.79 Å². The molecule has 0 saturated carbocycles. The van der Waals surface area contributed by atoms with Gasteiger partial charge in [-0.2, -0.15) is 5.10 Å². The van der Waals surface area contributed by atoms with Crippen LogP contribution in [0.2, 0.25) is 0 Å². The molecule has 1 aromatic carbocycles. The number of hydrogen-bond acceptors (Lipinski definition) is 5. The third-order valence-electron chi connectivity index (χ3n) is 4.92. The standard InChI is InChI=1S/C19H21N5O/c25-18(24-17(7-12-22-24)15-5-2-1-3-6-15)16-8-13-23(14-9-16)19-20-10-4-11-21-19/h1-6,10-12,16-17H,7-9,13-14H2. The number of rotatable bonds is 3. The Morgan fingerprint density at radius 2 is 1.72 bits per heavy atom. The van der Waals surface area contributed by atoms with Crippen molar-refractivity contribution in [3.05, 3.63) is 54.4 Å². The first-order chi connectivity index (χ1) is 12.3. The SMILES string of the molecule is O=C(C1CCN(c2ncccn2)CC1)N1N=CCC1c1ccccc1. The van der Waals surface area contributed by atoms with Crippen molar-refractivity contribution in [2.75, 3.05) is 18.0 Å². The van der Waals surface area contributed by atoms with E-state index in [4.69, 9.17) is 0 Å². The second-order valence-electron chi connectivity index (χ2n) is 6.45. The monoisotopic (exact) mass is 335 g/mol. The van der Waals surface area contributed by atoms with Gasteiger partial charge in [-0.3, -0.25) is 4.79 Å². The van der Waals surface area contributed by atoms with E-state index in [1.54, 1.807) is 17.4 Å². The lowest BCUT2D eigenvalue weighted by molar-refractivity contribution is -0.138. The molecule has 0 radical (unpaired) electrons. The van der Waals surface area contributed by atoms with E-state index in [1.807, 2.05) is 30.5 Å². The van der Waals surface area contributed by atoms with Crippen molar-refractivity contribution in [2.24, 2.45) is 11.0 Å². The summed E-state index contributed by atoms with van der Waals surface area (Å²) in [6, 6.07) is 12.0. The van der Waals surface area contributed by atoms with Gasteiger partial charge in [0, 0.05) is 44.0 Å². The fourth-order valence-electron chi connectivity index (χ4n) is 3.55. The van der Waals surface area contributed by atoms with E-state index < -0.39 is 0 Å². The predicted octanol–water partition coefficient (Wildman–Crippen LogP) is 2.65. The molecule has 0 N–H and O–H groups in total. The number of benzene rings is 1. The summed E-state index contributed by atoms with van der Waals surface area (Å²) in [6.07, 6.45) is 7.76. The maximum atomic E-state index is 13.0. The number of hydrazone groups is 1. The molecule has 2 aromatic rings. The number of carbonyl (C=O) groups excluding carboxylic acids is 1. The average molecular weight is 335 g/mol. The van der Waals surface area contributed by atoms with E-state index in [0.717, 1.165) is 43.9 Å². The fourth-order valence-corrected chi connectivity index (χ4v) is 3.55. The second-order valence-corrected chi connectivity index (χ2v) is 6.45. The van der Waals surface area contributed by atoms with Gasteiger partial charge in [0.2, 0.25) is 11.9 Å². The average Bonchev–Trinajstić information content (AvgIpc) is 3.19. The number of aromatic nitrogens is 2. The van der Waals surface area contributed by atoms with Crippen LogP contribution >= 0.6 is 0 Å². The Kier molecular flexibility index (Phi) is 4.41. The number of amides is 1. The number of anilines is 1. The van der Waals surface area contributed by atoms with Crippen LogP contribution in [0.3, 0.4) is 0 Å². The Morgan fingerprint density at radius 3 is 2.44 bits per heavy atom. The third kappa shape index (κ3) is 3.24. The van der Waals surface area contributed by atoms with Crippen LogP contribution in [0.25, 0.3) is 0 Å². The van der Waals surface area contributed by atoms with Gasteiger partial charge in [0.15, 0.2) is 0 Å². The van der Waals surface area contributed by atoms with E-state index in [-0.39, 0.29) is 17.9 Å². The highest BCUT2D eigenvalue weighted by molar-refractivity contribution is 5.82. The summed E-state index contributed by atoms with van der Waals surface area (Å²) in [5, 5.41) is 6.06. The summed E-state index contributed by atoms with van der Waals surface area (Å²) in [4.78, 5) is 23.7. The Labute approximate surface area is 147 Å². The van der Waals surface area contributed by atoms with Crippen LogP contribution in [0.15, 0.2) is 53.9 Å². The van der Waals surface area contributed by atoms with Gasteiger partial charge < -0.3 is 4.90 Å². The molecule has 128 valence electrons. The molecule has 4 rings (SSSR count). The molecule has 1 fully saturated rings. The maximum absolute atomic E-state index is 13.0. The zero-order valence-electron chi connectivity index (χ0n) is 14.0. The van der Waals surface area contributed by atoms with Crippen LogP contribution in [0.4, 0.5) is 5.95 Å². The largest absolute Gasteiger partial charge is 0.341 e. The van der Waals surface area contributed by atoms with Gasteiger partial charge in [0.05, 0.1) is 6.04 Å². The van der Waals surface area contributed by atoms with Gasteiger partial charge >= 0.3 is 0 Å². The topological polar surface area (TPSA) is 61.7 Å². The van der Waals surface area contributed by atoms with Crippen LogP contribution in [-0.4, -0.2) is 40.2 Å². The molecule has 6 nitrogen and oxygen atoms in total. The summed E-state index contributed by atoms with van der Waals surface area (Å²) in [5.74, 6) is 0.896. The highest BCUT2D eigenvalue weighted by Crippen LogP contribution is 2.31. The fraction of sp³-hybridized carbons (Fsp3) is 0.368. The van der Waals surface area contributed by atoms with Crippen molar-refractivity contribution in [2.45, 2.75) is 25.3 Å². The van der Waals surface area contributed by atoms with Crippen LogP contribution in [0.1, 0.15) is 30.9 Å². The number of carbonyl (C=O) groups is 1. The molecular weight excluding hydrogens is 314 g/mol. The molecule has 0 bridgehead atoms. The van der Waals surface area contributed by atoms with Crippen molar-refractivity contribution in [1.82, 2.24) is 15.0 Å². The molecule has 1 amide bonds. The molecule has 0 spiro atoms. The first kappa shape index (κ1) is 15.7. The van der Waals surface area contributed by atoms with Crippen LogP contribution in [0.5, 0.6) is 0 Å². The zero-order valence-corrected chi connectivity index (χ0v) is 14.0. The Balaban J connectivity index is 1.41. The molecular formula is C19H21N5O. The van der Waals surface area contributed by atoms with Crippen LogP contribution in [0, 0.1) is 5.92 Å². The molecule has 2 aliphatic heterocycles. The summed E-state index contributed by atoms with van der Waals surface area (Å²) in [7, 11) is 0. The molecule has 1 saturated heterocycles. The minimum Gasteiger partial charge on any atom is -0.341 e. The van der Waals surface area contributed by atoms with E-state index in [1.165, 1.54) is 0 Å². The van der Waals surface area contributed by atoms with Gasteiger partial charge in [0.1, 0.15) is 0 Å². The number of nitrogens with zero attached hydrogens (tertiary/aromatic N) is 5. The highest BCUT2D eigenvalue weighted by atomic mass is 16.2. The quantitative estimate of drug-likeness (QED) is 0.865. The van der Waals surface area contributed by atoms with Crippen molar-refractivity contribution >= 4 is 18.1 Å². The minimum atomic E-state index is 0.0152. The highest BCUT2D eigenvalue weighted by Gasteiger charge is 2.34. The van der Waals surface area contributed by atoms with Crippen molar-refractivity contribution in [3.63, 3.8) is 0 Å². The summed E-state index contributed by atoms with van der Waals surface area (Å²) >= 11 is 0. The molecule has 25 heavy (non-hydrogen) atoms. The van der Waals surface area contributed by atoms with Gasteiger partial charge in [-0.25, -0.2) is 15.0 Å². The maximum Gasteiger partial charge on any atom is 0.246 e. The first-order valence-electron chi connectivity index (χ1n) is 8.75. The van der Waals surface area contributed by atoms with E-state index in [9.17, 15) is 4.79 Å². The van der Waals surface area contributed by atoms with E-state index in [2.05, 4.69) is 32.1 Å². The number of hydrogen-bond donors (Lipinski definition) is 0. The molecule has 1 atom stereocenters. The summed E-state index contributed by atoms with van der Waals surface area (Å²) in [5.41, 5.74) is 1.14. The zero-order chi connectivity index (χ0) is 17.1. The molecule has 1 aromatic heterocycles. The first-order valence-corrected chi connectivity index (χ1v) is 8.75. The molecule has 1 unspecified atom stereocenters. The van der Waals surface area contributed by atoms with Crippen molar-refractivity contribution in [3.8, 4) is 0 Å². The normalized spacial score (nSPS) is 20.9. The molecule has 3 heterocycles. The van der Waals surface area contributed by atoms with Gasteiger partial charge in [0.25, 0.3) is 0 Å². The number of piperidine rings is 1. The summed E-state index contributed by atoms with van der Waals surface area (Å²) in [6.45, 7) is 1.60. The molecule has 2 aliphatic rings. The van der Waals surface area contributed by atoms with Crippen LogP contribution in [-0.2, 0) is 4.79 Å². The van der Waals surface area contributed by atoms with Crippen LogP contribution < -0.4 is 4.90 Å².